The van der Waals surface area contributed by atoms with Crippen molar-refractivity contribution < 1.29 is 13.6 Å². The van der Waals surface area contributed by atoms with Gasteiger partial charge in [0.25, 0.3) is 0 Å². The van der Waals surface area contributed by atoms with Crippen molar-refractivity contribution in [1.82, 2.24) is 0 Å². The summed E-state index contributed by atoms with van der Waals surface area (Å²) in [6, 6.07) is 0. The Morgan fingerprint density at radius 1 is 0.786 bits per heavy atom. The predicted molar refractivity (Wildman–Crippen MR) is 63.0 cm³/mol. The lowest BCUT2D eigenvalue weighted by atomic mass is 10.5. The molecule has 0 radical (unpaired) electrons. The maximum absolute atomic E-state index is 5.46. The molecular weight excluding hydrogens is 219 g/mol. The van der Waals surface area contributed by atoms with Gasteiger partial charge in [0.1, 0.15) is 0 Å². The molecule has 86 valence electrons. The summed E-state index contributed by atoms with van der Waals surface area (Å²) in [7, 11) is 0. The van der Waals surface area contributed by atoms with Crippen LogP contribution in [0.25, 0.3) is 0 Å². The van der Waals surface area contributed by atoms with E-state index >= 15 is 0 Å². The highest BCUT2D eigenvalue weighted by Gasteiger charge is 2.19. The summed E-state index contributed by atoms with van der Waals surface area (Å²) in [5, 5.41) is 0. The van der Waals surface area contributed by atoms with E-state index in [4.69, 9.17) is 25.4 Å². The van der Waals surface area contributed by atoms with Crippen LogP contribution in [0, 0.1) is 0 Å². The fourth-order valence-corrected chi connectivity index (χ4v) is 2.83. The van der Waals surface area contributed by atoms with E-state index in [0.29, 0.717) is 19.8 Å². The molecule has 0 rings (SSSR count). The fraction of sp³-hybridized carbons (Fsp3) is 1.00. The molecule has 0 aromatic carbocycles. The Kier molecular flexibility index (Phi) is 9.14. The molecule has 0 aliphatic rings. The van der Waals surface area contributed by atoms with E-state index in [9.17, 15) is 0 Å². The molecule has 0 bridgehead atoms. The van der Waals surface area contributed by atoms with Gasteiger partial charge in [0.15, 0.2) is 0 Å². The predicted octanol–water partition coefficient (Wildman–Crippen LogP) is 3.49. The molecule has 0 amide bonds. The summed E-state index contributed by atoms with van der Waals surface area (Å²) in [6.07, 6.45) is 2.80. The monoisotopic (exact) mass is 240 g/mol. The van der Waals surface area contributed by atoms with Crippen molar-refractivity contribution in [3.63, 3.8) is 0 Å². The Morgan fingerprint density at radius 2 is 1.07 bits per heavy atom. The molecule has 0 spiro atoms. The molecule has 0 saturated carbocycles. The van der Waals surface area contributed by atoms with Gasteiger partial charge in [-0.3, -0.25) is 0 Å². The highest BCUT2D eigenvalue weighted by molar-refractivity contribution is 8.07. The summed E-state index contributed by atoms with van der Waals surface area (Å²) in [5.74, 6) is 0. The van der Waals surface area contributed by atoms with E-state index in [1.54, 1.807) is 0 Å². The van der Waals surface area contributed by atoms with Crippen LogP contribution in [-0.2, 0) is 25.4 Å². The molecule has 0 aliphatic heterocycles. The largest absolute Gasteiger partial charge is 0.327 e. The Hall–Kier alpha value is 0.530. The lowest BCUT2D eigenvalue weighted by Gasteiger charge is -2.20. The third-order valence-corrected chi connectivity index (χ3v) is 3.81. The Bertz CT molecular complexity index is 147. The average molecular weight is 240 g/mol. The molecular formula is C9H21O3PS. The number of hydrogen-bond donors (Lipinski definition) is 0. The zero-order valence-electron chi connectivity index (χ0n) is 9.32. The van der Waals surface area contributed by atoms with E-state index in [1.807, 2.05) is 20.8 Å². The third kappa shape index (κ3) is 6.91. The Balaban J connectivity index is 3.97. The van der Waals surface area contributed by atoms with Crippen molar-refractivity contribution in [3.8, 4) is 0 Å². The van der Waals surface area contributed by atoms with Gasteiger partial charge >= 0.3 is 6.72 Å². The van der Waals surface area contributed by atoms with Gasteiger partial charge in [0.05, 0.1) is 19.8 Å². The van der Waals surface area contributed by atoms with Crippen LogP contribution >= 0.6 is 6.72 Å². The highest BCUT2D eigenvalue weighted by Crippen LogP contribution is 2.50. The molecule has 3 nitrogen and oxygen atoms in total. The van der Waals surface area contributed by atoms with Crippen molar-refractivity contribution in [1.29, 1.82) is 0 Å². The van der Waals surface area contributed by atoms with Crippen LogP contribution in [-0.4, -0.2) is 19.8 Å². The van der Waals surface area contributed by atoms with Crippen LogP contribution in [0.5, 0.6) is 0 Å². The van der Waals surface area contributed by atoms with Crippen molar-refractivity contribution in [2.75, 3.05) is 19.8 Å². The topological polar surface area (TPSA) is 27.7 Å². The van der Waals surface area contributed by atoms with E-state index in [0.717, 1.165) is 19.3 Å². The van der Waals surface area contributed by atoms with Crippen LogP contribution in [0.4, 0.5) is 0 Å². The summed E-state index contributed by atoms with van der Waals surface area (Å²) < 4.78 is 16.4. The molecule has 0 fully saturated rings. The van der Waals surface area contributed by atoms with Crippen molar-refractivity contribution in [3.05, 3.63) is 0 Å². The lowest BCUT2D eigenvalue weighted by Crippen LogP contribution is -2.02. The quantitative estimate of drug-likeness (QED) is 0.577. The van der Waals surface area contributed by atoms with Crippen molar-refractivity contribution in [2.45, 2.75) is 40.0 Å². The molecule has 5 heteroatoms. The molecule has 14 heavy (non-hydrogen) atoms. The summed E-state index contributed by atoms with van der Waals surface area (Å²) in [4.78, 5) is 0. The van der Waals surface area contributed by atoms with E-state index in [1.165, 1.54) is 0 Å². The van der Waals surface area contributed by atoms with E-state index in [2.05, 4.69) is 0 Å². The molecule has 0 aliphatic carbocycles. The van der Waals surface area contributed by atoms with Gasteiger partial charge in [-0.15, -0.1) is 0 Å². The van der Waals surface area contributed by atoms with Crippen molar-refractivity contribution >= 4 is 18.5 Å². The maximum Gasteiger partial charge on any atom is 0.327 e. The first-order chi connectivity index (χ1) is 6.68. The second kappa shape index (κ2) is 8.81. The normalized spacial score (nSPS) is 11.9. The second-order valence-corrected chi connectivity index (χ2v) is 5.96. The molecule has 0 unspecified atom stereocenters. The Labute approximate surface area is 92.4 Å². The van der Waals surface area contributed by atoms with Crippen LogP contribution in [0.1, 0.15) is 40.0 Å². The first-order valence-electron chi connectivity index (χ1n) is 5.22. The van der Waals surface area contributed by atoms with E-state index < -0.39 is 6.72 Å². The molecule has 0 heterocycles. The smallest absolute Gasteiger partial charge is 0.309 e. The zero-order valence-corrected chi connectivity index (χ0v) is 11.0. The van der Waals surface area contributed by atoms with E-state index in [-0.39, 0.29) is 0 Å². The molecule has 0 N–H and O–H groups in total. The highest BCUT2D eigenvalue weighted by atomic mass is 32.5. The zero-order chi connectivity index (χ0) is 10.9. The van der Waals surface area contributed by atoms with Gasteiger partial charge in [0.2, 0.25) is 0 Å². The second-order valence-electron chi connectivity index (χ2n) is 2.95. The number of rotatable bonds is 9. The van der Waals surface area contributed by atoms with Gasteiger partial charge in [-0.05, 0) is 31.1 Å². The Morgan fingerprint density at radius 3 is 1.29 bits per heavy atom. The van der Waals surface area contributed by atoms with Gasteiger partial charge in [-0.2, -0.15) is 0 Å². The average Bonchev–Trinajstić information content (AvgIpc) is 2.21. The summed E-state index contributed by atoms with van der Waals surface area (Å²) in [6.45, 7) is 5.53. The van der Waals surface area contributed by atoms with Crippen LogP contribution in [0.3, 0.4) is 0 Å². The van der Waals surface area contributed by atoms with Crippen LogP contribution < -0.4 is 0 Å². The first-order valence-corrected chi connectivity index (χ1v) is 7.77. The minimum atomic E-state index is -2.44. The minimum absolute atomic E-state index is 0.616. The standard InChI is InChI=1S/C9H21O3PS/c1-4-7-10-13(14,11-8-5-2)12-9-6-3/h4-9H2,1-3H3. The lowest BCUT2D eigenvalue weighted by molar-refractivity contribution is 0.157. The van der Waals surface area contributed by atoms with Crippen LogP contribution in [0.2, 0.25) is 0 Å². The van der Waals surface area contributed by atoms with Gasteiger partial charge < -0.3 is 13.6 Å². The van der Waals surface area contributed by atoms with Gasteiger partial charge in [-0.1, -0.05) is 20.8 Å². The molecule has 0 atom stereocenters. The fourth-order valence-electron chi connectivity index (χ4n) is 0.721. The van der Waals surface area contributed by atoms with Gasteiger partial charge in [0, 0.05) is 0 Å². The SMILES string of the molecule is CCCOP(=S)(OCCC)OCCC. The summed E-state index contributed by atoms with van der Waals surface area (Å²) >= 11 is 5.24. The number of hydrogen-bond acceptors (Lipinski definition) is 4. The first kappa shape index (κ1) is 14.5. The maximum atomic E-state index is 5.46. The van der Waals surface area contributed by atoms with Gasteiger partial charge in [-0.25, -0.2) is 0 Å². The summed E-state index contributed by atoms with van der Waals surface area (Å²) in [5.41, 5.74) is 0. The molecule has 0 saturated heterocycles. The van der Waals surface area contributed by atoms with Crippen molar-refractivity contribution in [2.24, 2.45) is 0 Å². The third-order valence-electron chi connectivity index (χ3n) is 1.36. The minimum Gasteiger partial charge on any atom is -0.309 e. The molecule has 0 aromatic rings. The molecule has 0 aromatic heterocycles. The van der Waals surface area contributed by atoms with Crippen LogP contribution in [0.15, 0.2) is 0 Å².